The number of thioether (sulfide) groups is 1. The minimum absolute atomic E-state index is 0.799. The smallest absolute Gasteiger partial charge is 0.0341 e. The van der Waals surface area contributed by atoms with Gasteiger partial charge in [-0.3, -0.25) is 0 Å². The van der Waals surface area contributed by atoms with Crippen molar-refractivity contribution in [2.75, 3.05) is 11.9 Å². The van der Waals surface area contributed by atoms with Crippen molar-refractivity contribution in [2.45, 2.75) is 62.5 Å². The van der Waals surface area contributed by atoms with Gasteiger partial charge >= 0.3 is 0 Å². The van der Waals surface area contributed by atoms with E-state index in [4.69, 9.17) is 0 Å². The fourth-order valence-corrected chi connectivity index (χ4v) is 3.94. The number of nitrogens with one attached hydrogen (secondary N) is 1. The molecular formula is C17H27NS. The molecule has 0 aliphatic heterocycles. The summed E-state index contributed by atoms with van der Waals surface area (Å²) in [7, 11) is 0. The van der Waals surface area contributed by atoms with E-state index in [1.807, 2.05) is 0 Å². The first-order valence-electron chi connectivity index (χ1n) is 7.82. The summed E-state index contributed by atoms with van der Waals surface area (Å²) in [4.78, 5) is 1.43. The van der Waals surface area contributed by atoms with Crippen molar-refractivity contribution in [2.24, 2.45) is 5.92 Å². The van der Waals surface area contributed by atoms with Gasteiger partial charge in [-0.05, 0) is 43.0 Å². The van der Waals surface area contributed by atoms with Crippen LogP contribution in [-0.4, -0.2) is 11.8 Å². The highest BCUT2D eigenvalue weighted by Crippen LogP contribution is 2.34. The van der Waals surface area contributed by atoms with Gasteiger partial charge in [0.15, 0.2) is 0 Å². The summed E-state index contributed by atoms with van der Waals surface area (Å²) in [6.07, 6.45) is 8.18. The molecule has 1 aliphatic carbocycles. The molecule has 1 aromatic carbocycles. The molecule has 19 heavy (non-hydrogen) atoms. The molecule has 0 atom stereocenters. The number of benzene rings is 1. The molecule has 0 aromatic heterocycles. The maximum Gasteiger partial charge on any atom is 0.0341 e. The molecule has 0 bridgehead atoms. The zero-order valence-corrected chi connectivity index (χ0v) is 13.1. The summed E-state index contributed by atoms with van der Waals surface area (Å²) in [5.74, 6) is 0.799. The Morgan fingerprint density at radius 1 is 1.11 bits per heavy atom. The van der Waals surface area contributed by atoms with Crippen LogP contribution < -0.4 is 5.32 Å². The maximum atomic E-state index is 3.56. The van der Waals surface area contributed by atoms with E-state index >= 15 is 0 Å². The Morgan fingerprint density at radius 2 is 1.74 bits per heavy atom. The van der Waals surface area contributed by atoms with Crippen molar-refractivity contribution in [3.05, 3.63) is 24.3 Å². The Morgan fingerprint density at radius 3 is 2.32 bits per heavy atom. The molecule has 1 fully saturated rings. The van der Waals surface area contributed by atoms with E-state index in [0.717, 1.165) is 17.7 Å². The van der Waals surface area contributed by atoms with Gasteiger partial charge in [0.1, 0.15) is 0 Å². The van der Waals surface area contributed by atoms with Crippen LogP contribution in [0.1, 0.15) is 52.4 Å². The Hall–Kier alpha value is -0.630. The molecule has 1 aromatic rings. The van der Waals surface area contributed by atoms with Crippen LogP contribution in [0.25, 0.3) is 0 Å². The Kier molecular flexibility index (Phi) is 6.09. The first-order chi connectivity index (χ1) is 9.31. The fraction of sp³-hybridized carbons (Fsp3) is 0.647. The van der Waals surface area contributed by atoms with Gasteiger partial charge < -0.3 is 5.32 Å². The molecule has 0 saturated heterocycles. The average molecular weight is 277 g/mol. The van der Waals surface area contributed by atoms with Gasteiger partial charge in [-0.2, -0.15) is 0 Å². The van der Waals surface area contributed by atoms with Crippen LogP contribution in [0, 0.1) is 5.92 Å². The van der Waals surface area contributed by atoms with Crippen LogP contribution in [0.3, 0.4) is 0 Å². The molecule has 2 rings (SSSR count). The predicted molar refractivity (Wildman–Crippen MR) is 87.1 cm³/mol. The highest BCUT2D eigenvalue weighted by atomic mass is 32.2. The summed E-state index contributed by atoms with van der Waals surface area (Å²) in [5, 5.41) is 4.42. The van der Waals surface area contributed by atoms with E-state index in [9.17, 15) is 0 Å². The summed E-state index contributed by atoms with van der Waals surface area (Å²) in [6.45, 7) is 5.65. The van der Waals surface area contributed by atoms with E-state index in [0.29, 0.717) is 0 Å². The Labute approximate surface area is 122 Å². The summed E-state index contributed by atoms with van der Waals surface area (Å²) in [6, 6.07) is 9.02. The summed E-state index contributed by atoms with van der Waals surface area (Å²) < 4.78 is 0. The molecule has 2 heteroatoms. The standard InChI is InChI=1S/C17H27NS/c1-3-14(4-2)13-18-15-9-11-17(12-10-15)19-16-7-5-6-8-16/h9-12,14,16,18H,3-8,13H2,1-2H3. The quantitative estimate of drug-likeness (QED) is 0.699. The van der Waals surface area contributed by atoms with E-state index in [-0.39, 0.29) is 0 Å². The molecule has 0 amide bonds. The third kappa shape index (κ3) is 4.76. The van der Waals surface area contributed by atoms with Crippen LogP contribution in [0.4, 0.5) is 5.69 Å². The molecular weight excluding hydrogens is 250 g/mol. The lowest BCUT2D eigenvalue weighted by Crippen LogP contribution is -2.12. The number of hydrogen-bond acceptors (Lipinski definition) is 2. The minimum atomic E-state index is 0.799. The molecule has 0 heterocycles. The predicted octanol–water partition coefficient (Wildman–Crippen LogP) is 5.57. The van der Waals surface area contributed by atoms with Crippen LogP contribution in [0.2, 0.25) is 0 Å². The van der Waals surface area contributed by atoms with Gasteiger partial charge in [-0.15, -0.1) is 11.8 Å². The second kappa shape index (κ2) is 7.84. The SMILES string of the molecule is CCC(CC)CNc1ccc(SC2CCCC2)cc1. The van der Waals surface area contributed by atoms with E-state index in [1.165, 1.54) is 49.1 Å². The second-order valence-electron chi connectivity index (χ2n) is 5.61. The third-order valence-electron chi connectivity index (χ3n) is 4.21. The largest absolute Gasteiger partial charge is 0.385 e. The lowest BCUT2D eigenvalue weighted by Gasteiger charge is -2.15. The van der Waals surface area contributed by atoms with Crippen molar-refractivity contribution < 1.29 is 0 Å². The van der Waals surface area contributed by atoms with E-state index < -0.39 is 0 Å². The van der Waals surface area contributed by atoms with Gasteiger partial charge in [-0.25, -0.2) is 0 Å². The van der Waals surface area contributed by atoms with Gasteiger partial charge in [0.25, 0.3) is 0 Å². The monoisotopic (exact) mass is 277 g/mol. The minimum Gasteiger partial charge on any atom is -0.385 e. The molecule has 1 aliphatic rings. The first-order valence-corrected chi connectivity index (χ1v) is 8.70. The lowest BCUT2D eigenvalue weighted by molar-refractivity contribution is 0.519. The second-order valence-corrected chi connectivity index (χ2v) is 6.99. The van der Waals surface area contributed by atoms with Crippen molar-refractivity contribution in [3.8, 4) is 0 Å². The van der Waals surface area contributed by atoms with Crippen LogP contribution in [0.5, 0.6) is 0 Å². The van der Waals surface area contributed by atoms with E-state index in [2.05, 4.69) is 55.2 Å². The van der Waals surface area contributed by atoms with Crippen molar-refractivity contribution in [1.29, 1.82) is 0 Å². The normalized spacial score (nSPS) is 16.2. The first kappa shape index (κ1) is 14.8. The summed E-state index contributed by atoms with van der Waals surface area (Å²) >= 11 is 2.07. The Bertz CT molecular complexity index is 350. The van der Waals surface area contributed by atoms with Crippen molar-refractivity contribution in [3.63, 3.8) is 0 Å². The zero-order chi connectivity index (χ0) is 13.5. The molecule has 1 saturated carbocycles. The summed E-state index contributed by atoms with van der Waals surface area (Å²) in [5.41, 5.74) is 1.27. The molecule has 1 N–H and O–H groups in total. The highest BCUT2D eigenvalue weighted by Gasteiger charge is 2.15. The highest BCUT2D eigenvalue weighted by molar-refractivity contribution is 8.00. The van der Waals surface area contributed by atoms with E-state index in [1.54, 1.807) is 0 Å². The van der Waals surface area contributed by atoms with Crippen LogP contribution in [-0.2, 0) is 0 Å². The topological polar surface area (TPSA) is 12.0 Å². The molecule has 0 radical (unpaired) electrons. The Balaban J connectivity index is 1.80. The zero-order valence-electron chi connectivity index (χ0n) is 12.3. The molecule has 1 nitrogen and oxygen atoms in total. The van der Waals surface area contributed by atoms with Crippen LogP contribution in [0.15, 0.2) is 29.2 Å². The van der Waals surface area contributed by atoms with Gasteiger partial charge in [-0.1, -0.05) is 39.5 Å². The third-order valence-corrected chi connectivity index (χ3v) is 5.56. The van der Waals surface area contributed by atoms with Gasteiger partial charge in [0, 0.05) is 22.4 Å². The van der Waals surface area contributed by atoms with Crippen molar-refractivity contribution in [1.82, 2.24) is 0 Å². The number of rotatable bonds is 7. The molecule has 0 unspecified atom stereocenters. The molecule has 0 spiro atoms. The average Bonchev–Trinajstić information content (AvgIpc) is 2.95. The van der Waals surface area contributed by atoms with Crippen molar-refractivity contribution >= 4 is 17.4 Å². The van der Waals surface area contributed by atoms with Gasteiger partial charge in [0.05, 0.1) is 0 Å². The molecule has 106 valence electrons. The maximum absolute atomic E-state index is 3.56. The van der Waals surface area contributed by atoms with Gasteiger partial charge in [0.2, 0.25) is 0 Å². The fourth-order valence-electron chi connectivity index (χ4n) is 2.69. The number of hydrogen-bond donors (Lipinski definition) is 1. The lowest BCUT2D eigenvalue weighted by atomic mass is 10.0. The number of anilines is 1. The van der Waals surface area contributed by atoms with Crippen LogP contribution >= 0.6 is 11.8 Å².